The number of alkyl halides is 1. The van der Waals surface area contributed by atoms with Crippen LogP contribution in [0, 0.1) is 14.9 Å². The number of hydrogen-bond donors (Lipinski definition) is 1. The number of halogens is 2. The first kappa shape index (κ1) is 11.5. The summed E-state index contributed by atoms with van der Waals surface area (Å²) in [7, 11) is 0. The van der Waals surface area contributed by atoms with E-state index in [4.69, 9.17) is 5.26 Å². The molecule has 1 aromatic carbocycles. The van der Waals surface area contributed by atoms with Gasteiger partial charge in [-0.3, -0.25) is 4.79 Å². The molecule has 0 fully saturated rings. The molecule has 0 amide bonds. The van der Waals surface area contributed by atoms with Crippen LogP contribution in [0.5, 0.6) is 5.75 Å². The summed E-state index contributed by atoms with van der Waals surface area (Å²) in [6.07, 6.45) is 0. The molecule has 0 bridgehead atoms. The van der Waals surface area contributed by atoms with E-state index in [1.165, 1.54) is 6.07 Å². The van der Waals surface area contributed by atoms with Crippen molar-refractivity contribution in [3.63, 3.8) is 0 Å². The number of rotatable bonds is 2. The summed E-state index contributed by atoms with van der Waals surface area (Å²) in [5.41, 5.74) is 0.312. The first-order valence-corrected chi connectivity index (χ1v) is 5.82. The van der Waals surface area contributed by atoms with Crippen LogP contribution in [0.25, 0.3) is 0 Å². The van der Waals surface area contributed by atoms with Gasteiger partial charge in [0.05, 0.1) is 16.5 Å². The molecule has 0 radical (unpaired) electrons. The Bertz CT molecular complexity index is 426. The van der Waals surface area contributed by atoms with Crippen LogP contribution in [-0.4, -0.2) is 16.2 Å². The fourth-order valence-electron chi connectivity index (χ4n) is 0.969. The zero-order valence-corrected chi connectivity index (χ0v) is 10.7. The summed E-state index contributed by atoms with van der Waals surface area (Å²) in [6.45, 7) is 0. The fourth-order valence-corrected chi connectivity index (χ4v) is 1.89. The highest BCUT2D eigenvalue weighted by Crippen LogP contribution is 2.25. The molecule has 0 aliphatic rings. The number of Topliss-reactive ketones (excluding diaryl/α,β-unsaturated/α-hetero) is 1. The first-order chi connectivity index (χ1) is 6.60. The number of hydrogen-bond acceptors (Lipinski definition) is 3. The number of nitriles is 1. The van der Waals surface area contributed by atoms with E-state index in [9.17, 15) is 9.90 Å². The third kappa shape index (κ3) is 2.25. The minimum absolute atomic E-state index is 0.126. The van der Waals surface area contributed by atoms with Gasteiger partial charge in [-0.05, 0) is 34.7 Å². The van der Waals surface area contributed by atoms with Crippen LogP contribution < -0.4 is 0 Å². The zero-order chi connectivity index (χ0) is 10.7. The van der Waals surface area contributed by atoms with Crippen molar-refractivity contribution in [2.24, 2.45) is 0 Å². The van der Waals surface area contributed by atoms with Crippen molar-refractivity contribution in [1.29, 1.82) is 5.26 Å². The van der Waals surface area contributed by atoms with Gasteiger partial charge < -0.3 is 5.11 Å². The highest BCUT2D eigenvalue weighted by atomic mass is 127. The number of phenolic OH excluding ortho intramolecular Hbond substituents is 1. The van der Waals surface area contributed by atoms with Gasteiger partial charge in [0.1, 0.15) is 11.8 Å². The second-order valence-corrected chi connectivity index (χ2v) is 4.32. The Morgan fingerprint density at radius 1 is 1.64 bits per heavy atom. The van der Waals surface area contributed by atoms with Crippen molar-refractivity contribution in [2.75, 3.05) is 5.33 Å². The van der Waals surface area contributed by atoms with Crippen LogP contribution in [0.1, 0.15) is 15.9 Å². The van der Waals surface area contributed by atoms with Crippen LogP contribution in [0.4, 0.5) is 0 Å². The van der Waals surface area contributed by atoms with E-state index >= 15 is 0 Å². The lowest BCUT2D eigenvalue weighted by molar-refractivity contribution is 0.102. The standard InChI is InChI=1S/C9H5BrINO2/c10-3-8(13)7-2-6(11)1-5(4-12)9(7)14/h1-2,14H,3H2. The Labute approximate surface area is 103 Å². The molecule has 0 aromatic heterocycles. The molecule has 0 heterocycles. The summed E-state index contributed by atoms with van der Waals surface area (Å²) < 4.78 is 0.751. The molecular formula is C9H5BrINO2. The van der Waals surface area contributed by atoms with Gasteiger partial charge in [-0.25, -0.2) is 0 Å². The van der Waals surface area contributed by atoms with Crippen LogP contribution >= 0.6 is 38.5 Å². The van der Waals surface area contributed by atoms with Crippen molar-refractivity contribution in [3.8, 4) is 11.8 Å². The van der Waals surface area contributed by atoms with Gasteiger partial charge in [-0.15, -0.1) is 0 Å². The van der Waals surface area contributed by atoms with Crippen molar-refractivity contribution in [1.82, 2.24) is 0 Å². The number of nitrogens with zero attached hydrogens (tertiary/aromatic N) is 1. The molecule has 0 saturated carbocycles. The summed E-state index contributed by atoms with van der Waals surface area (Å²) in [5.74, 6) is -0.477. The molecule has 5 heteroatoms. The van der Waals surface area contributed by atoms with E-state index in [-0.39, 0.29) is 28.0 Å². The number of phenols is 1. The molecular weight excluding hydrogens is 361 g/mol. The van der Waals surface area contributed by atoms with E-state index < -0.39 is 0 Å². The number of carbonyl (C=O) groups is 1. The molecule has 0 atom stereocenters. The van der Waals surface area contributed by atoms with E-state index in [0.717, 1.165) is 3.57 Å². The Kier molecular flexibility index (Phi) is 3.89. The lowest BCUT2D eigenvalue weighted by Gasteiger charge is -2.03. The van der Waals surface area contributed by atoms with Crippen molar-refractivity contribution >= 4 is 44.3 Å². The van der Waals surface area contributed by atoms with Crippen LogP contribution in [0.3, 0.4) is 0 Å². The van der Waals surface area contributed by atoms with Gasteiger partial charge in [-0.1, -0.05) is 15.9 Å². The Morgan fingerprint density at radius 2 is 2.29 bits per heavy atom. The van der Waals surface area contributed by atoms with Crippen molar-refractivity contribution in [3.05, 3.63) is 26.8 Å². The normalized spacial score (nSPS) is 9.50. The molecule has 0 aliphatic carbocycles. The molecule has 0 unspecified atom stereocenters. The van der Waals surface area contributed by atoms with Gasteiger partial charge in [-0.2, -0.15) is 5.26 Å². The number of carbonyl (C=O) groups excluding carboxylic acids is 1. The molecule has 0 saturated heterocycles. The maximum atomic E-state index is 11.3. The molecule has 3 nitrogen and oxygen atoms in total. The smallest absolute Gasteiger partial charge is 0.177 e. The molecule has 0 spiro atoms. The Hall–Kier alpha value is -0.610. The minimum atomic E-state index is -0.239. The van der Waals surface area contributed by atoms with Crippen molar-refractivity contribution in [2.45, 2.75) is 0 Å². The van der Waals surface area contributed by atoms with E-state index in [1.54, 1.807) is 6.07 Å². The number of benzene rings is 1. The zero-order valence-electron chi connectivity index (χ0n) is 6.92. The van der Waals surface area contributed by atoms with E-state index in [0.29, 0.717) is 0 Å². The summed E-state index contributed by atoms with van der Waals surface area (Å²) in [5, 5.41) is 18.4. The summed E-state index contributed by atoms with van der Waals surface area (Å²) in [4.78, 5) is 11.3. The monoisotopic (exact) mass is 365 g/mol. The predicted octanol–water partition coefficient (Wildman–Crippen LogP) is 2.45. The lowest BCUT2D eigenvalue weighted by atomic mass is 10.1. The predicted molar refractivity (Wildman–Crippen MR) is 63.7 cm³/mol. The highest BCUT2D eigenvalue weighted by Gasteiger charge is 2.14. The topological polar surface area (TPSA) is 61.1 Å². The van der Waals surface area contributed by atoms with Gasteiger partial charge in [0.15, 0.2) is 5.78 Å². The molecule has 1 N–H and O–H groups in total. The second kappa shape index (κ2) is 4.75. The molecule has 1 rings (SSSR count). The van der Waals surface area contributed by atoms with Crippen LogP contribution in [0.15, 0.2) is 12.1 Å². The Balaban J connectivity index is 3.38. The molecule has 1 aromatic rings. The SMILES string of the molecule is N#Cc1cc(I)cc(C(=O)CBr)c1O. The highest BCUT2D eigenvalue weighted by molar-refractivity contribution is 14.1. The Morgan fingerprint density at radius 3 is 2.79 bits per heavy atom. The maximum Gasteiger partial charge on any atom is 0.177 e. The van der Waals surface area contributed by atoms with Crippen molar-refractivity contribution < 1.29 is 9.90 Å². The van der Waals surface area contributed by atoms with Crippen LogP contribution in [-0.2, 0) is 0 Å². The average Bonchev–Trinajstić information content (AvgIpc) is 2.19. The lowest BCUT2D eigenvalue weighted by Crippen LogP contribution is -2.02. The molecule has 0 aliphatic heterocycles. The molecule has 72 valence electrons. The third-order valence-electron chi connectivity index (χ3n) is 1.62. The second-order valence-electron chi connectivity index (χ2n) is 2.52. The largest absolute Gasteiger partial charge is 0.506 e. The van der Waals surface area contributed by atoms with E-state index in [1.807, 2.05) is 28.7 Å². The summed E-state index contributed by atoms with van der Waals surface area (Å²) >= 11 is 5.00. The van der Waals surface area contributed by atoms with Crippen LogP contribution in [0.2, 0.25) is 0 Å². The average molecular weight is 366 g/mol. The molecule has 14 heavy (non-hydrogen) atoms. The van der Waals surface area contributed by atoms with Gasteiger partial charge >= 0.3 is 0 Å². The fraction of sp³-hybridized carbons (Fsp3) is 0.111. The van der Waals surface area contributed by atoms with E-state index in [2.05, 4.69) is 15.9 Å². The maximum absolute atomic E-state index is 11.3. The first-order valence-electron chi connectivity index (χ1n) is 3.62. The third-order valence-corrected chi connectivity index (χ3v) is 2.75. The minimum Gasteiger partial charge on any atom is -0.506 e. The number of ketones is 1. The quantitative estimate of drug-likeness (QED) is 0.497. The van der Waals surface area contributed by atoms with Gasteiger partial charge in [0.25, 0.3) is 0 Å². The van der Waals surface area contributed by atoms with Gasteiger partial charge in [0, 0.05) is 3.57 Å². The van der Waals surface area contributed by atoms with Gasteiger partial charge in [0.2, 0.25) is 0 Å². The summed E-state index contributed by atoms with van der Waals surface area (Å²) in [6, 6.07) is 4.92. The number of aromatic hydroxyl groups is 1.